The quantitative estimate of drug-likeness (QED) is 0.493. The van der Waals surface area contributed by atoms with E-state index in [1.165, 1.54) is 6.08 Å². The van der Waals surface area contributed by atoms with Gasteiger partial charge in [0.25, 0.3) is 0 Å². The summed E-state index contributed by atoms with van der Waals surface area (Å²) in [5, 5.41) is 0.603. The van der Waals surface area contributed by atoms with Gasteiger partial charge in [0.2, 0.25) is 0 Å². The fourth-order valence-corrected chi connectivity index (χ4v) is 1.05. The Morgan fingerprint density at radius 2 is 2.45 bits per heavy atom. The summed E-state index contributed by atoms with van der Waals surface area (Å²) < 4.78 is 5.09. The van der Waals surface area contributed by atoms with Crippen molar-refractivity contribution in [3.8, 4) is 0 Å². The summed E-state index contributed by atoms with van der Waals surface area (Å²) in [6.07, 6.45) is 3.61. The van der Waals surface area contributed by atoms with Crippen LogP contribution in [0.5, 0.6) is 0 Å². The van der Waals surface area contributed by atoms with Crippen molar-refractivity contribution in [1.82, 2.24) is 4.98 Å². The molecule has 0 aliphatic heterocycles. The van der Waals surface area contributed by atoms with Crippen LogP contribution in [0.1, 0.15) is 12.3 Å². The molecule has 2 rings (SSSR count). The number of hydrogen-bond donors (Lipinski definition) is 0. The first-order valence-electron chi connectivity index (χ1n) is 3.29. The summed E-state index contributed by atoms with van der Waals surface area (Å²) >= 11 is 0. The zero-order valence-corrected chi connectivity index (χ0v) is 5.83. The predicted molar refractivity (Wildman–Crippen MR) is 38.8 cm³/mol. The van der Waals surface area contributed by atoms with Crippen molar-refractivity contribution in [2.45, 2.75) is 6.42 Å². The second-order valence-corrected chi connectivity index (χ2v) is 2.38. The Bertz CT molecular complexity index is 414. The third-order valence-corrected chi connectivity index (χ3v) is 1.51. The van der Waals surface area contributed by atoms with Gasteiger partial charge in [0.15, 0.2) is 17.1 Å². The highest BCUT2D eigenvalue weighted by atomic mass is 16.3. The first-order chi connectivity index (χ1) is 5.25. The van der Waals surface area contributed by atoms with Crippen LogP contribution in [0.15, 0.2) is 4.42 Å². The monoisotopic (exact) mass is 148 g/mol. The molecule has 0 N–H and O–H groups in total. The van der Waals surface area contributed by atoms with Crippen molar-refractivity contribution in [2.75, 3.05) is 0 Å². The van der Waals surface area contributed by atoms with Crippen LogP contribution in [0.25, 0.3) is 12.2 Å². The smallest absolute Gasteiger partial charge is 0.195 e. The summed E-state index contributed by atoms with van der Waals surface area (Å²) in [6, 6.07) is 0. The topological polar surface area (TPSA) is 43.1 Å². The summed E-state index contributed by atoms with van der Waals surface area (Å²) in [4.78, 5) is 14.8. The second kappa shape index (κ2) is 2.05. The molecule has 1 aromatic heterocycles. The summed E-state index contributed by atoms with van der Waals surface area (Å²) in [7, 11) is 0. The fourth-order valence-electron chi connectivity index (χ4n) is 1.05. The maximum absolute atomic E-state index is 10.8. The molecule has 3 nitrogen and oxygen atoms in total. The Kier molecular flexibility index (Phi) is 1.18. The number of carbonyl (C=O) groups excluding carboxylic acids is 1. The van der Waals surface area contributed by atoms with Gasteiger partial charge in [-0.2, -0.15) is 0 Å². The van der Waals surface area contributed by atoms with Gasteiger partial charge >= 0.3 is 0 Å². The molecule has 11 heavy (non-hydrogen) atoms. The zero-order valence-electron chi connectivity index (χ0n) is 5.83. The lowest BCUT2D eigenvalue weighted by Crippen LogP contribution is -2.27. The van der Waals surface area contributed by atoms with Gasteiger partial charge in [-0.25, -0.2) is 4.98 Å². The van der Waals surface area contributed by atoms with E-state index in [-0.39, 0.29) is 5.78 Å². The van der Waals surface area contributed by atoms with E-state index in [0.29, 0.717) is 23.1 Å². The molecule has 0 spiro atoms. The third kappa shape index (κ3) is 0.981. The Balaban J connectivity index is 2.82. The average molecular weight is 148 g/mol. The maximum atomic E-state index is 10.8. The Morgan fingerprint density at radius 1 is 1.64 bits per heavy atom. The van der Waals surface area contributed by atoms with Crippen molar-refractivity contribution in [3.63, 3.8) is 0 Å². The van der Waals surface area contributed by atoms with Crippen LogP contribution < -0.4 is 10.8 Å². The largest absolute Gasteiger partial charge is 0.441 e. The third-order valence-electron chi connectivity index (χ3n) is 1.51. The van der Waals surface area contributed by atoms with Crippen LogP contribution in [0.3, 0.4) is 0 Å². The molecule has 1 aliphatic carbocycles. The predicted octanol–water partition coefficient (Wildman–Crippen LogP) is -0.609. The van der Waals surface area contributed by atoms with E-state index in [2.05, 4.69) is 11.9 Å². The lowest BCUT2D eigenvalue weighted by atomic mass is 10.2. The minimum atomic E-state index is 0.0609. The number of oxazole rings is 1. The first kappa shape index (κ1) is 6.34. The highest BCUT2D eigenvalue weighted by molar-refractivity contribution is 6.08. The maximum Gasteiger partial charge on any atom is 0.195 e. The number of Topliss-reactive ketones (excluding diaryl/α,β-unsaturated/α-hetero) is 1. The van der Waals surface area contributed by atoms with E-state index in [1.54, 1.807) is 6.08 Å². The molecule has 0 bridgehead atoms. The second-order valence-electron chi connectivity index (χ2n) is 2.38. The minimum Gasteiger partial charge on any atom is -0.441 e. The van der Waals surface area contributed by atoms with E-state index < -0.39 is 0 Å². The van der Waals surface area contributed by atoms with Gasteiger partial charge in [-0.3, -0.25) is 4.79 Å². The van der Waals surface area contributed by atoms with Crippen LogP contribution in [-0.4, -0.2) is 10.8 Å². The Morgan fingerprint density at radius 3 is 3.27 bits per heavy atom. The van der Waals surface area contributed by atoms with E-state index >= 15 is 0 Å². The van der Waals surface area contributed by atoms with Crippen molar-refractivity contribution >= 4 is 17.9 Å². The van der Waals surface area contributed by atoms with Crippen LogP contribution >= 0.6 is 0 Å². The van der Waals surface area contributed by atoms with Gasteiger partial charge in [-0.15, -0.1) is 0 Å². The van der Waals surface area contributed by atoms with Crippen molar-refractivity contribution in [3.05, 3.63) is 23.6 Å². The molecule has 0 saturated carbocycles. The van der Waals surface area contributed by atoms with Gasteiger partial charge in [-0.1, -0.05) is 0 Å². The summed E-state index contributed by atoms with van der Waals surface area (Å²) in [5.41, 5.74) is 0.662. The van der Waals surface area contributed by atoms with Crippen LogP contribution in [0.4, 0.5) is 0 Å². The summed E-state index contributed by atoms with van der Waals surface area (Å²) in [5.74, 6) is 0.419. The molecule has 55 valence electrons. The molecule has 0 unspecified atom stereocenters. The van der Waals surface area contributed by atoms with Gasteiger partial charge in [-0.05, 0) is 6.08 Å². The van der Waals surface area contributed by atoms with Gasteiger partial charge < -0.3 is 4.42 Å². The molecule has 1 aliphatic rings. The van der Waals surface area contributed by atoms with E-state index in [1.807, 2.05) is 0 Å². The number of aromatic nitrogens is 1. The highest BCUT2D eigenvalue weighted by Crippen LogP contribution is 1.91. The number of ketones is 1. The molecule has 1 aromatic rings. The van der Waals surface area contributed by atoms with E-state index in [9.17, 15) is 4.79 Å². The molecular formula is C8H6NO2. The van der Waals surface area contributed by atoms with Crippen LogP contribution in [-0.2, 0) is 4.79 Å². The minimum absolute atomic E-state index is 0.0609. The molecule has 1 heterocycles. The van der Waals surface area contributed by atoms with Crippen LogP contribution in [0, 0.1) is 6.92 Å². The molecule has 0 amide bonds. The number of fused-ring (bicyclic) bond motifs is 1. The molecule has 0 saturated heterocycles. The van der Waals surface area contributed by atoms with E-state index in [4.69, 9.17) is 4.42 Å². The normalized spacial score (nSPS) is 15.2. The molecule has 3 heteroatoms. The fraction of sp³-hybridized carbons (Fsp3) is 0.125. The van der Waals surface area contributed by atoms with Crippen molar-refractivity contribution in [2.24, 2.45) is 0 Å². The SMILES string of the molecule is [CH2]c1nc2c(o1)=CCC(=O)C=2. The lowest BCUT2D eigenvalue weighted by Gasteiger charge is -1.88. The summed E-state index contributed by atoms with van der Waals surface area (Å²) in [6.45, 7) is 3.52. The van der Waals surface area contributed by atoms with Gasteiger partial charge in [0.05, 0.1) is 0 Å². The average Bonchev–Trinajstić information content (AvgIpc) is 2.27. The van der Waals surface area contributed by atoms with Crippen LogP contribution in [0.2, 0.25) is 0 Å². The van der Waals surface area contributed by atoms with Gasteiger partial charge in [0.1, 0.15) is 5.35 Å². The molecule has 0 atom stereocenters. The number of nitrogens with zero attached hydrogens (tertiary/aromatic N) is 1. The molecule has 1 radical (unpaired) electrons. The number of hydrogen-bond acceptors (Lipinski definition) is 3. The van der Waals surface area contributed by atoms with Crippen molar-refractivity contribution < 1.29 is 9.21 Å². The number of rotatable bonds is 0. The number of carbonyl (C=O) groups is 1. The van der Waals surface area contributed by atoms with Gasteiger partial charge in [0, 0.05) is 19.4 Å². The highest BCUT2D eigenvalue weighted by Gasteiger charge is 2.05. The first-order valence-corrected chi connectivity index (χ1v) is 3.29. The zero-order chi connectivity index (χ0) is 7.84. The Labute approximate surface area is 63.0 Å². The molecule has 0 fully saturated rings. The lowest BCUT2D eigenvalue weighted by molar-refractivity contribution is -0.112. The molecular weight excluding hydrogens is 142 g/mol. The van der Waals surface area contributed by atoms with Crippen molar-refractivity contribution in [1.29, 1.82) is 0 Å². The van der Waals surface area contributed by atoms with E-state index in [0.717, 1.165) is 0 Å². The Hall–Kier alpha value is -1.38. The standard InChI is InChI=1S/C8H6NO2/c1-5-9-7-4-6(10)2-3-8(7)11-5/h3-4H,1-2H2. The molecule has 0 aromatic carbocycles.